The topological polar surface area (TPSA) is 84.5 Å². The number of amides is 2. The minimum atomic E-state index is -0.497. The van der Waals surface area contributed by atoms with E-state index in [0.717, 1.165) is 5.56 Å². The van der Waals surface area contributed by atoms with Crippen molar-refractivity contribution in [3.05, 3.63) is 65.2 Å². The fraction of sp³-hybridized carbons (Fsp3) is 0.167. The Morgan fingerprint density at radius 3 is 2.29 bits per heavy atom. The maximum absolute atomic E-state index is 12.3. The number of methoxy groups -OCH3 is 1. The van der Waals surface area contributed by atoms with Crippen molar-refractivity contribution in [2.24, 2.45) is 0 Å². The van der Waals surface area contributed by atoms with Crippen molar-refractivity contribution in [3.63, 3.8) is 0 Å². The fourth-order valence-electron chi connectivity index (χ4n) is 2.09. The summed E-state index contributed by atoms with van der Waals surface area (Å²) in [6.45, 7) is 0. The standard InChI is InChI=1S/C18H18N2O4/c1-19-16(21)10-12-6-8-15(9-7-12)20-17(22)13-4-3-5-14(11-13)18(23)24-2/h3-9,11H,10H2,1-2H3,(H,19,21)(H,20,22). The fourth-order valence-corrected chi connectivity index (χ4v) is 2.09. The number of esters is 1. The molecule has 0 aliphatic heterocycles. The Kier molecular flexibility index (Phi) is 5.68. The van der Waals surface area contributed by atoms with Crippen LogP contribution in [0.3, 0.4) is 0 Å². The SMILES string of the molecule is CNC(=O)Cc1ccc(NC(=O)c2cccc(C(=O)OC)c2)cc1. The third-order valence-corrected chi connectivity index (χ3v) is 3.40. The van der Waals surface area contributed by atoms with Crippen molar-refractivity contribution in [1.82, 2.24) is 5.32 Å². The van der Waals surface area contributed by atoms with Crippen LogP contribution in [0.1, 0.15) is 26.3 Å². The molecule has 0 unspecified atom stereocenters. The van der Waals surface area contributed by atoms with Gasteiger partial charge in [-0.2, -0.15) is 0 Å². The van der Waals surface area contributed by atoms with E-state index in [1.54, 1.807) is 49.5 Å². The van der Waals surface area contributed by atoms with E-state index in [4.69, 9.17) is 0 Å². The van der Waals surface area contributed by atoms with Crippen LogP contribution < -0.4 is 10.6 Å². The smallest absolute Gasteiger partial charge is 0.337 e. The van der Waals surface area contributed by atoms with Crippen molar-refractivity contribution >= 4 is 23.5 Å². The Balaban J connectivity index is 2.07. The molecule has 2 amide bonds. The molecule has 0 bridgehead atoms. The van der Waals surface area contributed by atoms with E-state index < -0.39 is 5.97 Å². The summed E-state index contributed by atoms with van der Waals surface area (Å²) in [6.07, 6.45) is 0.284. The minimum Gasteiger partial charge on any atom is -0.465 e. The van der Waals surface area contributed by atoms with E-state index in [0.29, 0.717) is 16.8 Å². The molecule has 2 aromatic rings. The summed E-state index contributed by atoms with van der Waals surface area (Å²) in [5, 5.41) is 5.30. The molecule has 0 saturated carbocycles. The van der Waals surface area contributed by atoms with Crippen LogP contribution in [-0.4, -0.2) is 31.9 Å². The lowest BCUT2D eigenvalue weighted by Gasteiger charge is -2.07. The summed E-state index contributed by atoms with van der Waals surface area (Å²) in [6, 6.07) is 13.3. The summed E-state index contributed by atoms with van der Waals surface area (Å²) in [4.78, 5) is 35.1. The predicted octanol–water partition coefficient (Wildman–Crippen LogP) is 2.01. The monoisotopic (exact) mass is 326 g/mol. The molecule has 0 saturated heterocycles. The molecule has 2 N–H and O–H groups in total. The summed E-state index contributed by atoms with van der Waals surface area (Å²) < 4.78 is 4.64. The average Bonchev–Trinajstić information content (AvgIpc) is 2.62. The van der Waals surface area contributed by atoms with Crippen molar-refractivity contribution in [2.45, 2.75) is 6.42 Å². The van der Waals surface area contributed by atoms with Crippen LogP contribution >= 0.6 is 0 Å². The van der Waals surface area contributed by atoms with Crippen LogP contribution in [0.2, 0.25) is 0 Å². The molecule has 0 heterocycles. The van der Waals surface area contributed by atoms with Gasteiger partial charge in [0.25, 0.3) is 5.91 Å². The van der Waals surface area contributed by atoms with Gasteiger partial charge in [0, 0.05) is 18.3 Å². The van der Waals surface area contributed by atoms with Gasteiger partial charge in [-0.3, -0.25) is 9.59 Å². The molecule has 2 rings (SSSR count). The number of anilines is 1. The second kappa shape index (κ2) is 7.92. The Morgan fingerprint density at radius 2 is 1.67 bits per heavy atom. The van der Waals surface area contributed by atoms with Gasteiger partial charge < -0.3 is 15.4 Å². The number of benzene rings is 2. The van der Waals surface area contributed by atoms with Gasteiger partial charge in [-0.15, -0.1) is 0 Å². The lowest BCUT2D eigenvalue weighted by Crippen LogP contribution is -2.19. The van der Waals surface area contributed by atoms with Crippen molar-refractivity contribution < 1.29 is 19.1 Å². The second-order valence-electron chi connectivity index (χ2n) is 5.07. The Labute approximate surface area is 139 Å². The number of ether oxygens (including phenoxy) is 1. The largest absolute Gasteiger partial charge is 0.465 e. The molecule has 0 aliphatic carbocycles. The van der Waals surface area contributed by atoms with Gasteiger partial charge in [-0.05, 0) is 35.9 Å². The highest BCUT2D eigenvalue weighted by Gasteiger charge is 2.11. The van der Waals surface area contributed by atoms with Gasteiger partial charge in [-0.1, -0.05) is 18.2 Å². The van der Waals surface area contributed by atoms with E-state index >= 15 is 0 Å². The third kappa shape index (κ3) is 4.42. The van der Waals surface area contributed by atoms with Crippen LogP contribution in [0, 0.1) is 0 Å². The first kappa shape index (κ1) is 17.2. The number of nitrogens with one attached hydrogen (secondary N) is 2. The Hall–Kier alpha value is -3.15. The van der Waals surface area contributed by atoms with Crippen LogP contribution in [0.4, 0.5) is 5.69 Å². The van der Waals surface area contributed by atoms with Crippen molar-refractivity contribution in [1.29, 1.82) is 0 Å². The number of hydrogen-bond donors (Lipinski definition) is 2. The van der Waals surface area contributed by atoms with Crippen LogP contribution in [-0.2, 0) is 16.0 Å². The van der Waals surface area contributed by atoms with E-state index in [-0.39, 0.29) is 18.2 Å². The minimum absolute atomic E-state index is 0.0774. The third-order valence-electron chi connectivity index (χ3n) is 3.40. The number of carbonyl (C=O) groups is 3. The molecule has 124 valence electrons. The quantitative estimate of drug-likeness (QED) is 0.823. The molecule has 0 aromatic heterocycles. The van der Waals surface area contributed by atoms with Gasteiger partial charge in [0.1, 0.15) is 0 Å². The molecule has 0 radical (unpaired) electrons. The van der Waals surface area contributed by atoms with Crippen LogP contribution in [0.25, 0.3) is 0 Å². The molecule has 6 nitrogen and oxygen atoms in total. The number of carbonyl (C=O) groups excluding carboxylic acids is 3. The highest BCUT2D eigenvalue weighted by molar-refractivity contribution is 6.05. The summed E-state index contributed by atoms with van der Waals surface area (Å²) in [5.74, 6) is -0.908. The first-order valence-electron chi connectivity index (χ1n) is 7.32. The number of rotatable bonds is 5. The molecular weight excluding hydrogens is 308 g/mol. The number of likely N-dealkylation sites (N-methyl/N-ethyl adjacent to an activating group) is 1. The zero-order valence-corrected chi connectivity index (χ0v) is 13.5. The zero-order valence-electron chi connectivity index (χ0n) is 13.5. The molecular formula is C18H18N2O4. The first-order valence-corrected chi connectivity index (χ1v) is 7.32. The highest BCUT2D eigenvalue weighted by atomic mass is 16.5. The second-order valence-corrected chi connectivity index (χ2v) is 5.07. The maximum atomic E-state index is 12.3. The van der Waals surface area contributed by atoms with Gasteiger partial charge in [0.2, 0.25) is 5.91 Å². The van der Waals surface area contributed by atoms with E-state index in [1.807, 2.05) is 0 Å². The molecule has 0 atom stereocenters. The lowest BCUT2D eigenvalue weighted by atomic mass is 10.1. The van der Waals surface area contributed by atoms with Gasteiger partial charge >= 0.3 is 5.97 Å². The molecule has 2 aromatic carbocycles. The molecule has 0 spiro atoms. The van der Waals surface area contributed by atoms with Crippen LogP contribution in [0.15, 0.2) is 48.5 Å². The first-order chi connectivity index (χ1) is 11.5. The van der Waals surface area contributed by atoms with Gasteiger partial charge in [0.05, 0.1) is 19.1 Å². The summed E-state index contributed by atoms with van der Waals surface area (Å²) in [5.41, 5.74) is 2.11. The predicted molar refractivity (Wildman–Crippen MR) is 89.9 cm³/mol. The molecule has 0 fully saturated rings. The van der Waals surface area contributed by atoms with E-state index in [9.17, 15) is 14.4 Å². The highest BCUT2D eigenvalue weighted by Crippen LogP contribution is 2.13. The summed E-state index contributed by atoms with van der Waals surface area (Å²) in [7, 11) is 2.87. The average molecular weight is 326 g/mol. The Morgan fingerprint density at radius 1 is 1.00 bits per heavy atom. The molecule has 24 heavy (non-hydrogen) atoms. The van der Waals surface area contributed by atoms with Gasteiger partial charge in [0.15, 0.2) is 0 Å². The zero-order chi connectivity index (χ0) is 17.5. The Bertz CT molecular complexity index is 754. The normalized spacial score (nSPS) is 9.92. The molecule has 0 aliphatic rings. The van der Waals surface area contributed by atoms with Gasteiger partial charge in [-0.25, -0.2) is 4.79 Å². The summed E-state index contributed by atoms with van der Waals surface area (Å²) >= 11 is 0. The van der Waals surface area contributed by atoms with Crippen molar-refractivity contribution in [2.75, 3.05) is 19.5 Å². The maximum Gasteiger partial charge on any atom is 0.337 e. The van der Waals surface area contributed by atoms with E-state index in [2.05, 4.69) is 15.4 Å². The lowest BCUT2D eigenvalue weighted by molar-refractivity contribution is -0.119. The molecule has 6 heteroatoms. The number of hydrogen-bond acceptors (Lipinski definition) is 4. The van der Waals surface area contributed by atoms with E-state index in [1.165, 1.54) is 13.2 Å². The van der Waals surface area contributed by atoms with Crippen molar-refractivity contribution in [3.8, 4) is 0 Å². The van der Waals surface area contributed by atoms with Crippen LogP contribution in [0.5, 0.6) is 0 Å².